The number of hydrogen-bond acceptors (Lipinski definition) is 2. The Morgan fingerprint density at radius 1 is 0.227 bits per heavy atom. The van der Waals surface area contributed by atoms with Gasteiger partial charge >= 0.3 is 0 Å². The summed E-state index contributed by atoms with van der Waals surface area (Å²) < 4.78 is 41.7. The van der Waals surface area contributed by atoms with Gasteiger partial charge in [-0.1, -0.05) is 277 Å². The predicted octanol–water partition coefficient (Wildman–Crippen LogP) is 28.3. The highest BCUT2D eigenvalue weighted by Gasteiger charge is 2.46. The van der Waals surface area contributed by atoms with Crippen molar-refractivity contribution in [3.05, 3.63) is 368 Å². The van der Waals surface area contributed by atoms with Gasteiger partial charge in [0, 0.05) is 99.8 Å². The molecular weight excluding hydrogens is 1440 g/mol. The van der Waals surface area contributed by atoms with Crippen molar-refractivity contribution in [2.75, 3.05) is 9.80 Å². The molecule has 6 nitrogen and oxygen atoms in total. The Balaban J connectivity index is 0.867. The van der Waals surface area contributed by atoms with Crippen molar-refractivity contribution in [2.45, 2.75) is 105 Å². The standard InChI is InChI=1S/C112H93BN6/c1-109(2,3)75-44-53-99(88(61-75)72-34-20-15-21-35-72)119-105-69-82(117-102-56-49-79(114-95-40-26-22-36-84(95)85-37-23-27-41-96(85)114)66-91(102)92-67-80(50-57-103(92)117)115-97-42-28-24-38-86(97)87-39-25-29-43-98(87)115)48-52-94(105)113-93-51-47-81(116-100-54-45-76(110(4,5)6)62-89(100)90-63-77(111(7,8)9)46-55-101(90)116)68-104(93)118(106-64-78(112(10,11)12)65-107(119)108(106)113)83-59-73(70-30-16-13-17-31-70)58-74(60-83)71-32-18-14-19-33-71/h13-69H,1-12H3/i49D,56D,66D. The number of anilines is 6. The number of para-hydroxylation sites is 4. The predicted molar refractivity (Wildman–Crippen MR) is 509 cm³/mol. The third-order valence-electron chi connectivity index (χ3n) is 25.6. The summed E-state index contributed by atoms with van der Waals surface area (Å²) in [6.45, 7) is 27.5. The molecule has 0 aliphatic carbocycles. The zero-order valence-electron chi connectivity index (χ0n) is 72.4. The summed E-state index contributed by atoms with van der Waals surface area (Å²) in [5.41, 5.74) is 31.3. The molecule has 2 aliphatic rings. The molecule has 6 heterocycles. The first-order valence-electron chi connectivity index (χ1n) is 43.5. The van der Waals surface area contributed by atoms with Crippen molar-refractivity contribution in [2.24, 2.45) is 0 Å². The van der Waals surface area contributed by atoms with Crippen LogP contribution in [-0.2, 0) is 21.7 Å². The lowest BCUT2D eigenvalue weighted by atomic mass is 9.33. The van der Waals surface area contributed by atoms with Gasteiger partial charge in [0.05, 0.1) is 53.9 Å². The molecule has 119 heavy (non-hydrogen) atoms. The average molecular weight is 1540 g/mol. The van der Waals surface area contributed by atoms with E-state index < -0.39 is 0 Å². The number of benzene rings is 16. The number of aromatic nitrogens is 4. The monoisotopic (exact) mass is 1540 g/mol. The lowest BCUT2D eigenvalue weighted by Gasteiger charge is -2.45. The van der Waals surface area contributed by atoms with E-state index in [4.69, 9.17) is 0 Å². The van der Waals surface area contributed by atoms with Crippen molar-refractivity contribution >= 4 is 144 Å². The average Bonchev–Trinajstić information content (AvgIpc) is 0.719. The second-order valence-electron chi connectivity index (χ2n) is 37.1. The molecule has 0 spiro atoms. The van der Waals surface area contributed by atoms with Crippen LogP contribution in [0.5, 0.6) is 0 Å². The lowest BCUT2D eigenvalue weighted by Crippen LogP contribution is -2.61. The summed E-state index contributed by atoms with van der Waals surface area (Å²) in [6, 6.07) is 121. The normalized spacial score (nSPS) is 13.5. The number of rotatable bonds is 9. The van der Waals surface area contributed by atoms with Crippen LogP contribution in [0.25, 0.3) is 143 Å². The first kappa shape index (κ1) is 68.6. The van der Waals surface area contributed by atoms with E-state index in [1.54, 1.807) is 0 Å². The van der Waals surface area contributed by atoms with E-state index in [1.165, 1.54) is 38.5 Å². The summed E-state index contributed by atoms with van der Waals surface area (Å²) in [5.74, 6) is 0. The first-order chi connectivity index (χ1) is 58.8. The van der Waals surface area contributed by atoms with Gasteiger partial charge in [0.2, 0.25) is 0 Å². The van der Waals surface area contributed by atoms with Gasteiger partial charge in [0.25, 0.3) is 6.71 Å². The van der Waals surface area contributed by atoms with E-state index in [0.29, 0.717) is 16.6 Å². The molecule has 7 heteroatoms. The van der Waals surface area contributed by atoms with Gasteiger partial charge in [0.1, 0.15) is 0 Å². The molecule has 0 saturated heterocycles. The fraction of sp³-hybridized carbons (Fsp3) is 0.143. The van der Waals surface area contributed by atoms with Gasteiger partial charge in [-0.25, -0.2) is 0 Å². The molecule has 0 bridgehead atoms. The van der Waals surface area contributed by atoms with Crippen molar-refractivity contribution in [1.29, 1.82) is 0 Å². The second-order valence-corrected chi connectivity index (χ2v) is 37.1. The minimum atomic E-state index is -0.381. The molecular formula is C112H93BN6. The van der Waals surface area contributed by atoms with Gasteiger partial charge in [-0.2, -0.15) is 0 Å². The maximum Gasteiger partial charge on any atom is 0.252 e. The fourth-order valence-corrected chi connectivity index (χ4v) is 19.5. The van der Waals surface area contributed by atoms with Crippen LogP contribution >= 0.6 is 0 Å². The molecule has 0 fully saturated rings. The van der Waals surface area contributed by atoms with Crippen molar-refractivity contribution in [1.82, 2.24) is 18.3 Å². The fourth-order valence-electron chi connectivity index (χ4n) is 19.5. The lowest BCUT2D eigenvalue weighted by molar-refractivity contribution is 0.590. The molecule has 0 radical (unpaired) electrons. The number of hydrogen-bond donors (Lipinski definition) is 0. The molecule has 574 valence electrons. The number of fused-ring (bicyclic) bond motifs is 16. The van der Waals surface area contributed by atoms with E-state index in [9.17, 15) is 4.11 Å². The van der Waals surface area contributed by atoms with Gasteiger partial charge in [0.15, 0.2) is 0 Å². The number of nitrogens with zero attached hydrogens (tertiary/aromatic N) is 6. The van der Waals surface area contributed by atoms with Gasteiger partial charge in [-0.15, -0.1) is 0 Å². The van der Waals surface area contributed by atoms with E-state index in [0.717, 1.165) is 161 Å². The molecule has 2 aliphatic heterocycles. The van der Waals surface area contributed by atoms with E-state index in [1.807, 2.05) is 12.1 Å². The summed E-state index contributed by atoms with van der Waals surface area (Å²) in [6.07, 6.45) is 0. The largest absolute Gasteiger partial charge is 0.311 e. The minimum Gasteiger partial charge on any atom is -0.311 e. The molecule has 22 rings (SSSR count). The summed E-state index contributed by atoms with van der Waals surface area (Å²) in [4.78, 5) is 5.21. The van der Waals surface area contributed by atoms with Crippen LogP contribution in [0.4, 0.5) is 34.1 Å². The van der Waals surface area contributed by atoms with Crippen LogP contribution in [0.1, 0.15) is 109 Å². The molecule has 20 aromatic rings. The van der Waals surface area contributed by atoms with Gasteiger partial charge in [-0.05, 0) is 240 Å². The van der Waals surface area contributed by atoms with E-state index in [2.05, 4.69) is 427 Å². The summed E-state index contributed by atoms with van der Waals surface area (Å²) in [7, 11) is 0. The Morgan fingerprint density at radius 3 is 1.08 bits per heavy atom. The van der Waals surface area contributed by atoms with Gasteiger partial charge < -0.3 is 28.1 Å². The Labute approximate surface area is 701 Å². The SMILES string of the molecule is [2H]c1c(-n2c3ccccc3c3ccccc32)c([2H])c2c3cc(-n4c5ccccc5c5ccccc54)ccc3n(-c3ccc4c(c3)N(c3ccc(C(C)(C)C)cc3-c3ccccc3)c3cc(C(C)(C)C)cc5c3B4c3ccc(-n4c6ccc(C(C)(C)C)cc6c6cc(C(C)(C)C)ccc64)cc3N5c3cc(-c4ccccc4)cc(-c4ccccc4)c3)c2c1[2H]. The molecule has 16 aromatic carbocycles. The Morgan fingerprint density at radius 2 is 0.597 bits per heavy atom. The molecule has 0 N–H and O–H groups in total. The maximum absolute atomic E-state index is 11.1. The van der Waals surface area contributed by atoms with Crippen molar-refractivity contribution in [3.8, 4) is 56.1 Å². The van der Waals surface area contributed by atoms with E-state index >= 15 is 0 Å². The summed E-state index contributed by atoms with van der Waals surface area (Å²) in [5, 5.41) is 8.20. The highest BCUT2D eigenvalue weighted by Crippen LogP contribution is 2.52. The molecule has 4 aromatic heterocycles. The molecule has 0 amide bonds. The van der Waals surface area contributed by atoms with Crippen LogP contribution in [0, 0.1) is 0 Å². The van der Waals surface area contributed by atoms with Crippen LogP contribution < -0.4 is 26.2 Å². The third-order valence-corrected chi connectivity index (χ3v) is 25.6. The third kappa shape index (κ3) is 11.4. The molecule has 0 unspecified atom stereocenters. The first-order valence-corrected chi connectivity index (χ1v) is 42.0. The highest BCUT2D eigenvalue weighted by molar-refractivity contribution is 7.00. The maximum atomic E-state index is 11.1. The van der Waals surface area contributed by atoms with Crippen molar-refractivity contribution < 1.29 is 4.11 Å². The highest BCUT2D eigenvalue weighted by atomic mass is 15.2. The van der Waals surface area contributed by atoms with Gasteiger partial charge in [-0.3, -0.25) is 0 Å². The Bertz CT molecular complexity index is 7550. The minimum absolute atomic E-state index is 0.0268. The molecule has 0 saturated carbocycles. The zero-order chi connectivity index (χ0) is 83.5. The Kier molecular flexibility index (Phi) is 15.2. The molecule has 0 atom stereocenters. The Hall–Kier alpha value is -13.6. The van der Waals surface area contributed by atoms with Crippen LogP contribution in [0.3, 0.4) is 0 Å². The van der Waals surface area contributed by atoms with E-state index in [-0.39, 0.29) is 46.5 Å². The van der Waals surface area contributed by atoms with Crippen LogP contribution in [0.2, 0.25) is 0 Å². The zero-order valence-corrected chi connectivity index (χ0v) is 69.4. The smallest absolute Gasteiger partial charge is 0.252 e. The topological polar surface area (TPSA) is 26.2 Å². The van der Waals surface area contributed by atoms with Crippen LogP contribution in [0.15, 0.2) is 346 Å². The van der Waals surface area contributed by atoms with Crippen molar-refractivity contribution in [3.63, 3.8) is 0 Å². The second kappa shape index (κ2) is 26.4. The van der Waals surface area contributed by atoms with Crippen LogP contribution in [-0.4, -0.2) is 25.0 Å². The quantitative estimate of drug-likeness (QED) is 0.135. The summed E-state index contributed by atoms with van der Waals surface area (Å²) >= 11 is 0.